The summed E-state index contributed by atoms with van der Waals surface area (Å²) in [4.78, 5) is 3.54. The van der Waals surface area contributed by atoms with Crippen LogP contribution in [0.15, 0.2) is 49.1 Å². The lowest BCUT2D eigenvalue weighted by Crippen LogP contribution is -2.16. The van der Waals surface area contributed by atoms with E-state index in [2.05, 4.69) is 60.2 Å². The average molecular weight is 308 g/mol. The predicted octanol–water partition coefficient (Wildman–Crippen LogP) is 4.43. The maximum absolute atomic E-state index is 6.03. The van der Waals surface area contributed by atoms with E-state index in [1.165, 1.54) is 16.3 Å². The van der Waals surface area contributed by atoms with Gasteiger partial charge in [0.25, 0.3) is 0 Å². The van der Waals surface area contributed by atoms with Gasteiger partial charge in [0.1, 0.15) is 5.75 Å². The highest BCUT2D eigenvalue weighted by atomic mass is 16.5. The number of benzene rings is 2. The van der Waals surface area contributed by atoms with E-state index < -0.39 is 0 Å². The molecule has 3 aromatic rings. The topological polar surface area (TPSA) is 37.0 Å². The van der Waals surface area contributed by atoms with Gasteiger partial charge in [0.05, 0.1) is 12.1 Å². The monoisotopic (exact) mass is 308 g/mol. The lowest BCUT2D eigenvalue weighted by atomic mass is 10.1. The standard InChI is InChI=1S/C20H24N2O/c1-3-8-17-19(23-14-7-13-21-4-2)12-11-16-15-9-5-6-10-18(15)22-20(16)17/h3,5-6,9-12,21-22H,1,4,7-8,13-14H2,2H3. The molecule has 0 radical (unpaired) electrons. The third kappa shape index (κ3) is 3.25. The zero-order chi connectivity index (χ0) is 16.1. The number of para-hydroxylation sites is 1. The van der Waals surface area contributed by atoms with Crippen molar-refractivity contribution >= 4 is 21.8 Å². The smallest absolute Gasteiger partial charge is 0.124 e. The van der Waals surface area contributed by atoms with Crippen LogP contribution in [0.1, 0.15) is 18.9 Å². The van der Waals surface area contributed by atoms with Crippen molar-refractivity contribution in [3.05, 3.63) is 54.6 Å². The summed E-state index contributed by atoms with van der Waals surface area (Å²) < 4.78 is 6.03. The van der Waals surface area contributed by atoms with Crippen molar-refractivity contribution < 1.29 is 4.74 Å². The summed E-state index contributed by atoms with van der Waals surface area (Å²) in [5.74, 6) is 0.959. The van der Waals surface area contributed by atoms with Gasteiger partial charge in [-0.2, -0.15) is 0 Å². The molecule has 3 nitrogen and oxygen atoms in total. The number of hydrogen-bond donors (Lipinski definition) is 2. The Morgan fingerprint density at radius 2 is 2.04 bits per heavy atom. The number of allylic oxidation sites excluding steroid dienone is 1. The fourth-order valence-corrected chi connectivity index (χ4v) is 3.00. The minimum Gasteiger partial charge on any atom is -0.493 e. The molecule has 0 unspecified atom stereocenters. The van der Waals surface area contributed by atoms with Gasteiger partial charge in [-0.15, -0.1) is 6.58 Å². The van der Waals surface area contributed by atoms with E-state index in [0.29, 0.717) is 0 Å². The molecule has 3 heteroatoms. The Hall–Kier alpha value is -2.26. The number of rotatable bonds is 8. The van der Waals surface area contributed by atoms with Gasteiger partial charge in [0.15, 0.2) is 0 Å². The van der Waals surface area contributed by atoms with Gasteiger partial charge < -0.3 is 15.0 Å². The van der Waals surface area contributed by atoms with Gasteiger partial charge in [-0.1, -0.05) is 31.2 Å². The molecule has 120 valence electrons. The summed E-state index contributed by atoms with van der Waals surface area (Å²) in [6, 6.07) is 12.7. The number of aromatic nitrogens is 1. The molecule has 0 bridgehead atoms. The molecule has 0 aliphatic heterocycles. The summed E-state index contributed by atoms with van der Waals surface area (Å²) >= 11 is 0. The Morgan fingerprint density at radius 3 is 2.87 bits per heavy atom. The van der Waals surface area contributed by atoms with Crippen LogP contribution < -0.4 is 10.1 Å². The maximum atomic E-state index is 6.03. The summed E-state index contributed by atoms with van der Waals surface area (Å²) in [5.41, 5.74) is 3.52. The van der Waals surface area contributed by atoms with Crippen LogP contribution in [0.25, 0.3) is 21.8 Å². The maximum Gasteiger partial charge on any atom is 0.124 e. The number of fused-ring (bicyclic) bond motifs is 3. The number of ether oxygens (including phenoxy) is 1. The number of nitrogens with one attached hydrogen (secondary N) is 2. The Bertz CT molecular complexity index is 804. The highest BCUT2D eigenvalue weighted by molar-refractivity contribution is 6.08. The average Bonchev–Trinajstić information content (AvgIpc) is 2.95. The van der Waals surface area contributed by atoms with Crippen LogP contribution in [0.2, 0.25) is 0 Å². The number of aromatic amines is 1. The molecular formula is C20H24N2O. The molecule has 3 rings (SSSR count). The van der Waals surface area contributed by atoms with Gasteiger partial charge >= 0.3 is 0 Å². The van der Waals surface area contributed by atoms with Crippen molar-refractivity contribution in [2.45, 2.75) is 19.8 Å². The van der Waals surface area contributed by atoms with Crippen LogP contribution in [0.3, 0.4) is 0 Å². The van der Waals surface area contributed by atoms with Crippen LogP contribution >= 0.6 is 0 Å². The molecule has 0 atom stereocenters. The summed E-state index contributed by atoms with van der Waals surface area (Å²) in [6.07, 6.45) is 3.74. The molecule has 23 heavy (non-hydrogen) atoms. The van der Waals surface area contributed by atoms with Gasteiger partial charge in [-0.25, -0.2) is 0 Å². The Kier molecular flexibility index (Phi) is 4.99. The first-order valence-corrected chi connectivity index (χ1v) is 8.32. The van der Waals surface area contributed by atoms with Gasteiger partial charge in [0, 0.05) is 21.9 Å². The first-order valence-electron chi connectivity index (χ1n) is 8.32. The van der Waals surface area contributed by atoms with E-state index in [0.717, 1.165) is 49.3 Å². The molecule has 2 aromatic carbocycles. The SMILES string of the molecule is C=CCc1c(OCCCNCC)ccc2c1[nH]c1ccccc12. The first-order chi connectivity index (χ1) is 11.3. The molecule has 0 saturated heterocycles. The minimum absolute atomic E-state index is 0.725. The van der Waals surface area contributed by atoms with Gasteiger partial charge in [0.2, 0.25) is 0 Å². The Morgan fingerprint density at radius 1 is 1.17 bits per heavy atom. The summed E-state index contributed by atoms with van der Waals surface area (Å²) in [7, 11) is 0. The molecular weight excluding hydrogens is 284 g/mol. The van der Waals surface area contributed by atoms with E-state index >= 15 is 0 Å². The zero-order valence-corrected chi connectivity index (χ0v) is 13.7. The van der Waals surface area contributed by atoms with Crippen LogP contribution in [-0.2, 0) is 6.42 Å². The van der Waals surface area contributed by atoms with Crippen LogP contribution in [0.5, 0.6) is 5.75 Å². The molecule has 1 heterocycles. The highest BCUT2D eigenvalue weighted by Gasteiger charge is 2.12. The molecule has 0 saturated carbocycles. The van der Waals surface area contributed by atoms with Crippen molar-refractivity contribution in [1.29, 1.82) is 0 Å². The van der Waals surface area contributed by atoms with E-state index in [9.17, 15) is 0 Å². The predicted molar refractivity (Wildman–Crippen MR) is 98.4 cm³/mol. The fourth-order valence-electron chi connectivity index (χ4n) is 3.00. The van der Waals surface area contributed by atoms with Crippen molar-refractivity contribution in [3.63, 3.8) is 0 Å². The second kappa shape index (κ2) is 7.34. The lowest BCUT2D eigenvalue weighted by molar-refractivity contribution is 0.306. The van der Waals surface area contributed by atoms with E-state index in [1.54, 1.807) is 0 Å². The number of H-pyrrole nitrogens is 1. The molecule has 0 fully saturated rings. The fraction of sp³-hybridized carbons (Fsp3) is 0.300. The van der Waals surface area contributed by atoms with Crippen LogP contribution in [0.4, 0.5) is 0 Å². The molecule has 1 aromatic heterocycles. The quantitative estimate of drug-likeness (QED) is 0.477. The third-order valence-electron chi connectivity index (χ3n) is 4.10. The van der Waals surface area contributed by atoms with Crippen molar-refractivity contribution in [2.24, 2.45) is 0 Å². The van der Waals surface area contributed by atoms with E-state index in [-0.39, 0.29) is 0 Å². The zero-order valence-electron chi connectivity index (χ0n) is 13.7. The molecule has 0 amide bonds. The minimum atomic E-state index is 0.725. The molecule has 0 aliphatic rings. The Labute approximate surface area is 137 Å². The van der Waals surface area contributed by atoms with Crippen molar-refractivity contribution in [1.82, 2.24) is 10.3 Å². The first kappa shape index (κ1) is 15.6. The Balaban J connectivity index is 1.93. The summed E-state index contributed by atoms with van der Waals surface area (Å²) in [5, 5.41) is 5.82. The third-order valence-corrected chi connectivity index (χ3v) is 4.10. The normalized spacial score (nSPS) is 11.2. The van der Waals surface area contributed by atoms with Crippen LogP contribution in [0, 0.1) is 0 Å². The summed E-state index contributed by atoms with van der Waals surface area (Å²) in [6.45, 7) is 8.73. The second-order valence-electron chi connectivity index (χ2n) is 5.68. The van der Waals surface area contributed by atoms with E-state index in [4.69, 9.17) is 4.74 Å². The highest BCUT2D eigenvalue weighted by Crippen LogP contribution is 2.33. The van der Waals surface area contributed by atoms with E-state index in [1.807, 2.05) is 6.08 Å². The molecule has 0 spiro atoms. The lowest BCUT2D eigenvalue weighted by Gasteiger charge is -2.12. The second-order valence-corrected chi connectivity index (χ2v) is 5.68. The van der Waals surface area contributed by atoms with Crippen LogP contribution in [-0.4, -0.2) is 24.7 Å². The molecule has 2 N–H and O–H groups in total. The largest absolute Gasteiger partial charge is 0.493 e. The van der Waals surface area contributed by atoms with Crippen molar-refractivity contribution in [3.8, 4) is 5.75 Å². The van der Waals surface area contributed by atoms with Crippen molar-refractivity contribution in [2.75, 3.05) is 19.7 Å². The number of hydrogen-bond acceptors (Lipinski definition) is 2. The van der Waals surface area contributed by atoms with Gasteiger partial charge in [-0.05, 0) is 44.1 Å². The molecule has 0 aliphatic carbocycles. The van der Waals surface area contributed by atoms with Gasteiger partial charge in [-0.3, -0.25) is 0 Å².